The molecule has 0 amide bonds. The Bertz CT molecular complexity index is 418. The van der Waals surface area contributed by atoms with Crippen LogP contribution in [-0.2, 0) is 0 Å². The molecular weight excluding hydrogens is 268 g/mol. The third-order valence-corrected chi connectivity index (χ3v) is 5.50. The van der Waals surface area contributed by atoms with Gasteiger partial charge in [0.25, 0.3) is 0 Å². The van der Waals surface area contributed by atoms with Gasteiger partial charge >= 0.3 is 0 Å². The number of ketones is 1. The van der Waals surface area contributed by atoms with Crippen molar-refractivity contribution in [1.29, 1.82) is 0 Å². The number of carbonyl (C=O) groups is 1. The van der Waals surface area contributed by atoms with Crippen molar-refractivity contribution in [3.8, 4) is 0 Å². The Balaban J connectivity index is 1.40. The lowest BCUT2D eigenvalue weighted by Gasteiger charge is -2.33. The molecule has 0 spiro atoms. The lowest BCUT2D eigenvalue weighted by Crippen LogP contribution is -2.40. The molecule has 4 heteroatoms. The molecule has 1 aromatic rings. The number of nitrogens with zero attached hydrogens (tertiary/aromatic N) is 2. The highest BCUT2D eigenvalue weighted by Crippen LogP contribution is 2.21. The SMILES string of the molecule is O=C(CN1CCC(CN2CCCC2)CC1)c1cccs1. The number of likely N-dealkylation sites (tertiary alicyclic amines) is 2. The van der Waals surface area contributed by atoms with Gasteiger partial charge in [0.15, 0.2) is 5.78 Å². The van der Waals surface area contributed by atoms with E-state index >= 15 is 0 Å². The van der Waals surface area contributed by atoms with Gasteiger partial charge in [0.05, 0.1) is 11.4 Å². The number of hydrogen-bond acceptors (Lipinski definition) is 4. The van der Waals surface area contributed by atoms with Gasteiger partial charge in [0, 0.05) is 6.54 Å². The maximum Gasteiger partial charge on any atom is 0.186 e. The van der Waals surface area contributed by atoms with Gasteiger partial charge in [-0.1, -0.05) is 6.07 Å². The van der Waals surface area contributed by atoms with Gasteiger partial charge in [0.2, 0.25) is 0 Å². The highest BCUT2D eigenvalue weighted by atomic mass is 32.1. The zero-order chi connectivity index (χ0) is 13.8. The van der Waals surface area contributed by atoms with Crippen molar-refractivity contribution in [2.45, 2.75) is 25.7 Å². The second-order valence-electron chi connectivity index (χ2n) is 6.13. The molecule has 20 heavy (non-hydrogen) atoms. The first-order chi connectivity index (χ1) is 9.81. The summed E-state index contributed by atoms with van der Waals surface area (Å²) in [5, 5.41) is 1.98. The summed E-state index contributed by atoms with van der Waals surface area (Å²) in [4.78, 5) is 18.0. The first kappa shape index (κ1) is 14.2. The maximum atomic E-state index is 12.1. The van der Waals surface area contributed by atoms with Crippen molar-refractivity contribution in [3.63, 3.8) is 0 Å². The summed E-state index contributed by atoms with van der Waals surface area (Å²) < 4.78 is 0. The van der Waals surface area contributed by atoms with E-state index in [4.69, 9.17) is 0 Å². The molecule has 2 aliphatic heterocycles. The fourth-order valence-electron chi connectivity index (χ4n) is 3.38. The van der Waals surface area contributed by atoms with Crippen molar-refractivity contribution in [2.75, 3.05) is 39.3 Å². The largest absolute Gasteiger partial charge is 0.303 e. The summed E-state index contributed by atoms with van der Waals surface area (Å²) >= 11 is 1.56. The molecule has 2 fully saturated rings. The number of piperidine rings is 1. The first-order valence-corrected chi connectivity index (χ1v) is 8.70. The Hall–Kier alpha value is -0.710. The molecular formula is C16H24N2OS. The highest BCUT2D eigenvalue weighted by molar-refractivity contribution is 7.12. The molecule has 0 bridgehead atoms. The average Bonchev–Trinajstić information content (AvgIpc) is 3.13. The van der Waals surface area contributed by atoms with E-state index in [1.807, 2.05) is 17.5 Å². The van der Waals surface area contributed by atoms with Crippen LogP contribution < -0.4 is 0 Å². The topological polar surface area (TPSA) is 23.6 Å². The summed E-state index contributed by atoms with van der Waals surface area (Å²) in [5.74, 6) is 1.14. The van der Waals surface area contributed by atoms with Crippen LogP contribution in [0.15, 0.2) is 17.5 Å². The Kier molecular flexibility index (Phi) is 4.86. The third kappa shape index (κ3) is 3.68. The van der Waals surface area contributed by atoms with Crippen LogP contribution in [0.2, 0.25) is 0 Å². The molecule has 0 saturated carbocycles. The van der Waals surface area contributed by atoms with Crippen LogP contribution in [0.25, 0.3) is 0 Å². The molecule has 0 atom stereocenters. The Labute approximate surface area is 125 Å². The monoisotopic (exact) mass is 292 g/mol. The lowest BCUT2D eigenvalue weighted by molar-refractivity contribution is 0.0886. The van der Waals surface area contributed by atoms with Gasteiger partial charge in [-0.25, -0.2) is 0 Å². The number of hydrogen-bond donors (Lipinski definition) is 0. The van der Waals surface area contributed by atoms with E-state index in [1.54, 1.807) is 11.3 Å². The Morgan fingerprint density at radius 1 is 1.15 bits per heavy atom. The molecule has 3 rings (SSSR count). The fourth-order valence-corrected chi connectivity index (χ4v) is 4.03. The second-order valence-corrected chi connectivity index (χ2v) is 7.08. The molecule has 0 unspecified atom stereocenters. The van der Waals surface area contributed by atoms with Crippen LogP contribution in [0.4, 0.5) is 0 Å². The van der Waals surface area contributed by atoms with Gasteiger partial charge in [0.1, 0.15) is 0 Å². The van der Waals surface area contributed by atoms with E-state index in [-0.39, 0.29) is 5.78 Å². The van der Waals surface area contributed by atoms with E-state index in [9.17, 15) is 4.79 Å². The van der Waals surface area contributed by atoms with Crippen molar-refractivity contribution < 1.29 is 4.79 Å². The normalized spacial score (nSPS) is 22.4. The highest BCUT2D eigenvalue weighted by Gasteiger charge is 2.24. The van der Waals surface area contributed by atoms with Crippen LogP contribution in [0.3, 0.4) is 0 Å². The number of rotatable bonds is 5. The van der Waals surface area contributed by atoms with E-state index in [1.165, 1.54) is 45.3 Å². The molecule has 3 nitrogen and oxygen atoms in total. The predicted octanol–water partition coefficient (Wildman–Crippen LogP) is 2.74. The van der Waals surface area contributed by atoms with Crippen molar-refractivity contribution in [2.24, 2.45) is 5.92 Å². The van der Waals surface area contributed by atoms with Crippen LogP contribution in [-0.4, -0.2) is 54.9 Å². The van der Waals surface area contributed by atoms with Gasteiger partial charge in [-0.2, -0.15) is 0 Å². The smallest absolute Gasteiger partial charge is 0.186 e. The van der Waals surface area contributed by atoms with Crippen LogP contribution in [0, 0.1) is 5.92 Å². The fraction of sp³-hybridized carbons (Fsp3) is 0.688. The summed E-state index contributed by atoms with van der Waals surface area (Å²) in [6, 6.07) is 3.90. The Morgan fingerprint density at radius 2 is 1.90 bits per heavy atom. The third-order valence-electron chi connectivity index (χ3n) is 4.59. The summed E-state index contributed by atoms with van der Waals surface area (Å²) in [5.41, 5.74) is 0. The average molecular weight is 292 g/mol. The van der Waals surface area contributed by atoms with Crippen LogP contribution in [0.1, 0.15) is 35.4 Å². The molecule has 0 aromatic carbocycles. The van der Waals surface area contributed by atoms with E-state index in [0.29, 0.717) is 6.54 Å². The minimum atomic E-state index is 0.290. The van der Waals surface area contributed by atoms with E-state index in [2.05, 4.69) is 9.80 Å². The minimum Gasteiger partial charge on any atom is -0.303 e. The van der Waals surface area contributed by atoms with Crippen LogP contribution in [0.5, 0.6) is 0 Å². The van der Waals surface area contributed by atoms with E-state index < -0.39 is 0 Å². The first-order valence-electron chi connectivity index (χ1n) is 7.82. The molecule has 2 saturated heterocycles. The molecule has 0 aliphatic carbocycles. The number of carbonyl (C=O) groups excluding carboxylic acids is 1. The van der Waals surface area contributed by atoms with E-state index in [0.717, 1.165) is 23.9 Å². The number of Topliss-reactive ketones (excluding diaryl/α,β-unsaturated/α-hetero) is 1. The van der Waals surface area contributed by atoms with Gasteiger partial charge < -0.3 is 4.90 Å². The van der Waals surface area contributed by atoms with Gasteiger partial charge in [-0.05, 0) is 69.2 Å². The molecule has 2 aliphatic rings. The Morgan fingerprint density at radius 3 is 2.55 bits per heavy atom. The zero-order valence-corrected chi connectivity index (χ0v) is 12.9. The van der Waals surface area contributed by atoms with Crippen LogP contribution >= 0.6 is 11.3 Å². The molecule has 0 N–H and O–H groups in total. The molecule has 110 valence electrons. The summed E-state index contributed by atoms with van der Waals surface area (Å²) in [6.45, 7) is 6.68. The standard InChI is InChI=1S/C16H24N2OS/c19-15(16-4-3-11-20-16)13-18-9-5-14(6-10-18)12-17-7-1-2-8-17/h3-4,11,14H,1-2,5-10,12-13H2. The van der Waals surface area contributed by atoms with Gasteiger partial charge in [-0.3, -0.25) is 9.69 Å². The van der Waals surface area contributed by atoms with Crippen molar-refractivity contribution >= 4 is 17.1 Å². The maximum absolute atomic E-state index is 12.1. The van der Waals surface area contributed by atoms with Crippen molar-refractivity contribution in [1.82, 2.24) is 9.80 Å². The summed E-state index contributed by atoms with van der Waals surface area (Å²) in [7, 11) is 0. The molecule has 0 radical (unpaired) electrons. The van der Waals surface area contributed by atoms with Gasteiger partial charge in [-0.15, -0.1) is 11.3 Å². The lowest BCUT2D eigenvalue weighted by atomic mass is 9.96. The molecule has 1 aromatic heterocycles. The zero-order valence-electron chi connectivity index (χ0n) is 12.1. The van der Waals surface area contributed by atoms with Crippen molar-refractivity contribution in [3.05, 3.63) is 22.4 Å². The second kappa shape index (κ2) is 6.83. The minimum absolute atomic E-state index is 0.290. The quantitative estimate of drug-likeness (QED) is 0.780. The molecule has 3 heterocycles. The number of thiophene rings is 1. The predicted molar refractivity (Wildman–Crippen MR) is 83.5 cm³/mol. The summed E-state index contributed by atoms with van der Waals surface area (Å²) in [6.07, 6.45) is 5.28.